The Labute approximate surface area is 133 Å². The Morgan fingerprint density at radius 3 is 3.09 bits per heavy atom. The number of carbonyl (C=O) groups excluding carboxylic acids is 1. The molecule has 0 unspecified atom stereocenters. The van der Waals surface area contributed by atoms with Gasteiger partial charge in [-0.25, -0.2) is 0 Å². The average molecular weight is 302 g/mol. The molecular formula is C18H26N2O2. The molecule has 1 atom stereocenters. The lowest BCUT2D eigenvalue weighted by Crippen LogP contribution is -2.42. The smallest absolute Gasteiger partial charge is 0.241 e. The van der Waals surface area contributed by atoms with Gasteiger partial charge in [-0.1, -0.05) is 17.7 Å². The molecule has 120 valence electrons. The molecular weight excluding hydrogens is 276 g/mol. The van der Waals surface area contributed by atoms with Crippen LogP contribution in [0.4, 0.5) is 5.69 Å². The minimum absolute atomic E-state index is 0.214. The van der Waals surface area contributed by atoms with Crippen LogP contribution < -0.4 is 4.90 Å². The number of rotatable bonds is 4. The number of likely N-dealkylation sites (N-methyl/N-ethyl adjacent to an activating group) is 1. The zero-order chi connectivity index (χ0) is 15.5. The van der Waals surface area contributed by atoms with Crippen LogP contribution in [0.15, 0.2) is 18.2 Å². The van der Waals surface area contributed by atoms with E-state index >= 15 is 0 Å². The first kappa shape index (κ1) is 15.5. The number of hydrogen-bond acceptors (Lipinski definition) is 3. The van der Waals surface area contributed by atoms with Gasteiger partial charge >= 0.3 is 0 Å². The summed E-state index contributed by atoms with van der Waals surface area (Å²) in [6.07, 6.45) is 3.25. The molecule has 0 saturated carbocycles. The van der Waals surface area contributed by atoms with Crippen LogP contribution in [0.1, 0.15) is 24.0 Å². The highest BCUT2D eigenvalue weighted by Crippen LogP contribution is 2.28. The second-order valence-corrected chi connectivity index (χ2v) is 6.71. The van der Waals surface area contributed by atoms with Crippen LogP contribution >= 0.6 is 0 Å². The highest BCUT2D eigenvalue weighted by molar-refractivity contribution is 5.96. The average Bonchev–Trinajstić information content (AvgIpc) is 2.98. The van der Waals surface area contributed by atoms with E-state index in [1.807, 2.05) is 11.9 Å². The molecule has 0 aromatic heterocycles. The van der Waals surface area contributed by atoms with E-state index in [-0.39, 0.29) is 5.91 Å². The van der Waals surface area contributed by atoms with Crippen molar-refractivity contribution in [3.05, 3.63) is 29.3 Å². The van der Waals surface area contributed by atoms with Gasteiger partial charge in [-0.3, -0.25) is 9.69 Å². The zero-order valence-corrected chi connectivity index (χ0v) is 13.7. The maximum absolute atomic E-state index is 12.7. The van der Waals surface area contributed by atoms with Crippen molar-refractivity contribution in [2.24, 2.45) is 5.92 Å². The summed E-state index contributed by atoms with van der Waals surface area (Å²) in [7, 11) is 2.04. The van der Waals surface area contributed by atoms with E-state index in [0.29, 0.717) is 12.5 Å². The molecule has 2 heterocycles. The van der Waals surface area contributed by atoms with Gasteiger partial charge < -0.3 is 9.64 Å². The normalized spacial score (nSPS) is 21.2. The predicted molar refractivity (Wildman–Crippen MR) is 88.3 cm³/mol. The maximum Gasteiger partial charge on any atom is 0.241 e. The number of fused-ring (bicyclic) bond motifs is 1. The van der Waals surface area contributed by atoms with Crippen LogP contribution in [-0.2, 0) is 16.0 Å². The summed E-state index contributed by atoms with van der Waals surface area (Å²) < 4.78 is 5.41. The topological polar surface area (TPSA) is 32.8 Å². The molecule has 0 spiro atoms. The summed E-state index contributed by atoms with van der Waals surface area (Å²) in [6.45, 7) is 6.09. The van der Waals surface area contributed by atoms with E-state index in [2.05, 4.69) is 30.0 Å². The van der Waals surface area contributed by atoms with E-state index < -0.39 is 0 Å². The molecule has 0 aliphatic carbocycles. The van der Waals surface area contributed by atoms with Crippen molar-refractivity contribution in [3.8, 4) is 0 Å². The fraction of sp³-hybridized carbons (Fsp3) is 0.611. The van der Waals surface area contributed by atoms with Gasteiger partial charge in [0.2, 0.25) is 5.91 Å². The Bertz CT molecular complexity index is 538. The van der Waals surface area contributed by atoms with Crippen molar-refractivity contribution in [1.82, 2.24) is 4.90 Å². The molecule has 4 heteroatoms. The van der Waals surface area contributed by atoms with E-state index in [4.69, 9.17) is 4.74 Å². The lowest BCUT2D eigenvalue weighted by Gasteiger charge is -2.31. The minimum atomic E-state index is 0.214. The third kappa shape index (κ3) is 3.50. The summed E-state index contributed by atoms with van der Waals surface area (Å²) in [5.74, 6) is 0.792. The van der Waals surface area contributed by atoms with E-state index in [1.165, 1.54) is 11.1 Å². The molecule has 1 aromatic carbocycles. The number of ether oxygens (including phenoxy) is 1. The molecule has 1 fully saturated rings. The first-order chi connectivity index (χ1) is 10.6. The Kier molecular flexibility index (Phi) is 4.79. The van der Waals surface area contributed by atoms with E-state index in [9.17, 15) is 4.79 Å². The van der Waals surface area contributed by atoms with E-state index in [0.717, 1.165) is 51.3 Å². The molecule has 1 amide bonds. The molecule has 22 heavy (non-hydrogen) atoms. The second kappa shape index (κ2) is 6.80. The lowest BCUT2D eigenvalue weighted by atomic mass is 9.99. The largest absolute Gasteiger partial charge is 0.381 e. The number of aryl methyl sites for hydroxylation is 2. The molecule has 0 bridgehead atoms. The van der Waals surface area contributed by atoms with Crippen molar-refractivity contribution in [3.63, 3.8) is 0 Å². The van der Waals surface area contributed by atoms with Gasteiger partial charge in [0.05, 0.1) is 13.2 Å². The number of benzene rings is 1. The standard InChI is InChI=1S/C18H26N2O2/c1-14-5-6-17-16(10-14)4-3-8-20(17)18(21)12-19(2)11-15-7-9-22-13-15/h5-6,10,15H,3-4,7-9,11-13H2,1-2H3/t15-/m0/s1. The summed E-state index contributed by atoms with van der Waals surface area (Å²) in [6, 6.07) is 6.42. The number of hydrogen-bond donors (Lipinski definition) is 0. The van der Waals surface area contributed by atoms with Gasteiger partial charge in [0.15, 0.2) is 0 Å². The monoisotopic (exact) mass is 302 g/mol. The summed E-state index contributed by atoms with van der Waals surface area (Å²) in [5.41, 5.74) is 3.69. The van der Waals surface area contributed by atoms with Crippen molar-refractivity contribution in [2.45, 2.75) is 26.2 Å². The van der Waals surface area contributed by atoms with Crippen LogP contribution in [0.25, 0.3) is 0 Å². The van der Waals surface area contributed by atoms with Crippen LogP contribution in [0.5, 0.6) is 0 Å². The quantitative estimate of drug-likeness (QED) is 0.855. The molecule has 2 aliphatic heterocycles. The third-order valence-corrected chi connectivity index (χ3v) is 4.65. The molecule has 0 N–H and O–H groups in total. The molecule has 1 saturated heterocycles. The Morgan fingerprint density at radius 1 is 1.45 bits per heavy atom. The molecule has 4 nitrogen and oxygen atoms in total. The van der Waals surface area contributed by atoms with Crippen LogP contribution in [0, 0.1) is 12.8 Å². The SMILES string of the molecule is Cc1ccc2c(c1)CCCN2C(=O)CN(C)C[C@@H]1CCOC1. The van der Waals surface area contributed by atoms with E-state index in [1.54, 1.807) is 0 Å². The van der Waals surface area contributed by atoms with Crippen LogP contribution in [-0.4, -0.2) is 50.7 Å². The van der Waals surface area contributed by atoms with Gasteiger partial charge in [-0.15, -0.1) is 0 Å². The van der Waals surface area contributed by atoms with Gasteiger partial charge in [0, 0.05) is 25.4 Å². The third-order valence-electron chi connectivity index (χ3n) is 4.65. The minimum Gasteiger partial charge on any atom is -0.381 e. The maximum atomic E-state index is 12.7. The molecule has 2 aliphatic rings. The first-order valence-corrected chi connectivity index (χ1v) is 8.29. The Balaban J connectivity index is 1.63. The predicted octanol–water partition coefficient (Wildman–Crippen LogP) is 2.24. The Morgan fingerprint density at radius 2 is 2.32 bits per heavy atom. The number of nitrogens with zero attached hydrogens (tertiary/aromatic N) is 2. The van der Waals surface area contributed by atoms with Gasteiger partial charge in [0.25, 0.3) is 0 Å². The molecule has 3 rings (SSSR count). The van der Waals surface area contributed by atoms with Gasteiger partial charge in [-0.05, 0) is 50.8 Å². The second-order valence-electron chi connectivity index (χ2n) is 6.71. The first-order valence-electron chi connectivity index (χ1n) is 8.29. The highest BCUT2D eigenvalue weighted by Gasteiger charge is 2.24. The van der Waals surface area contributed by atoms with Crippen molar-refractivity contribution in [1.29, 1.82) is 0 Å². The van der Waals surface area contributed by atoms with Gasteiger partial charge in [-0.2, -0.15) is 0 Å². The van der Waals surface area contributed by atoms with Crippen LogP contribution in [0.2, 0.25) is 0 Å². The highest BCUT2D eigenvalue weighted by atomic mass is 16.5. The number of anilines is 1. The summed E-state index contributed by atoms with van der Waals surface area (Å²) >= 11 is 0. The fourth-order valence-electron chi connectivity index (χ4n) is 3.53. The Hall–Kier alpha value is -1.39. The van der Waals surface area contributed by atoms with Crippen LogP contribution in [0.3, 0.4) is 0 Å². The molecule has 1 aromatic rings. The molecule has 0 radical (unpaired) electrons. The van der Waals surface area contributed by atoms with Crippen molar-refractivity contribution >= 4 is 11.6 Å². The summed E-state index contributed by atoms with van der Waals surface area (Å²) in [4.78, 5) is 16.8. The van der Waals surface area contributed by atoms with Crippen molar-refractivity contribution < 1.29 is 9.53 Å². The summed E-state index contributed by atoms with van der Waals surface area (Å²) in [5, 5.41) is 0. The zero-order valence-electron chi connectivity index (χ0n) is 13.7. The number of carbonyl (C=O) groups is 1. The van der Waals surface area contributed by atoms with Crippen molar-refractivity contribution in [2.75, 3.05) is 44.8 Å². The fourth-order valence-corrected chi connectivity index (χ4v) is 3.53. The van der Waals surface area contributed by atoms with Gasteiger partial charge in [0.1, 0.15) is 0 Å². The lowest BCUT2D eigenvalue weighted by molar-refractivity contribution is -0.119. The number of amides is 1.